The topological polar surface area (TPSA) is 70.7 Å². The normalized spacial score (nSPS) is 16.2. The molecule has 1 fully saturated rings. The summed E-state index contributed by atoms with van der Waals surface area (Å²) < 4.78 is 10.9. The van der Waals surface area contributed by atoms with Crippen LogP contribution in [0.5, 0.6) is 11.5 Å². The van der Waals surface area contributed by atoms with Crippen molar-refractivity contribution in [2.45, 2.75) is 26.9 Å². The largest absolute Gasteiger partial charge is 0.454 e. The van der Waals surface area contributed by atoms with Gasteiger partial charge in [0.1, 0.15) is 0 Å². The zero-order valence-corrected chi connectivity index (χ0v) is 17.9. The van der Waals surface area contributed by atoms with Crippen molar-refractivity contribution in [1.82, 2.24) is 20.0 Å². The van der Waals surface area contributed by atoms with E-state index in [-0.39, 0.29) is 12.7 Å². The van der Waals surface area contributed by atoms with Gasteiger partial charge < -0.3 is 14.4 Å². The smallest absolute Gasteiger partial charge is 0.237 e. The van der Waals surface area contributed by atoms with E-state index in [1.807, 2.05) is 29.3 Å². The zero-order chi connectivity index (χ0) is 21.4. The maximum atomic E-state index is 12.8. The molecule has 0 radical (unpaired) electrons. The Balaban J connectivity index is 1.24. The SMILES string of the molecule is Cc1ccc(CN2CCN(Cc3cn[nH]c3-c3ccc4c(c3)OCO4)CC2=O)cc1C. The summed E-state index contributed by atoms with van der Waals surface area (Å²) in [6.45, 7) is 7.79. The van der Waals surface area contributed by atoms with Crippen LogP contribution in [-0.2, 0) is 17.9 Å². The van der Waals surface area contributed by atoms with E-state index in [1.165, 1.54) is 16.7 Å². The molecule has 3 aromatic rings. The lowest BCUT2D eigenvalue weighted by molar-refractivity contribution is -0.136. The van der Waals surface area contributed by atoms with Crippen molar-refractivity contribution in [3.8, 4) is 22.8 Å². The number of rotatable bonds is 5. The van der Waals surface area contributed by atoms with Gasteiger partial charge in [0.2, 0.25) is 12.7 Å². The highest BCUT2D eigenvalue weighted by atomic mass is 16.7. The van der Waals surface area contributed by atoms with Gasteiger partial charge in [0.05, 0.1) is 18.4 Å². The summed E-state index contributed by atoms with van der Waals surface area (Å²) >= 11 is 0. The molecule has 2 aliphatic rings. The average Bonchev–Trinajstić information content (AvgIpc) is 3.41. The fourth-order valence-corrected chi connectivity index (χ4v) is 4.16. The third-order valence-electron chi connectivity index (χ3n) is 6.12. The van der Waals surface area contributed by atoms with Crippen LogP contribution in [0.3, 0.4) is 0 Å². The second-order valence-electron chi connectivity index (χ2n) is 8.28. The lowest BCUT2D eigenvalue weighted by Crippen LogP contribution is -2.49. The van der Waals surface area contributed by atoms with Crippen LogP contribution >= 0.6 is 0 Å². The van der Waals surface area contributed by atoms with E-state index in [0.717, 1.165) is 41.4 Å². The van der Waals surface area contributed by atoms with Gasteiger partial charge in [-0.3, -0.25) is 14.8 Å². The Bertz CT molecular complexity index is 1120. The first kappa shape index (κ1) is 19.6. The van der Waals surface area contributed by atoms with E-state index in [4.69, 9.17) is 9.47 Å². The number of nitrogens with zero attached hydrogens (tertiary/aromatic N) is 3. The molecule has 0 atom stereocenters. The minimum atomic E-state index is 0.164. The third kappa shape index (κ3) is 4.01. The van der Waals surface area contributed by atoms with Gasteiger partial charge in [-0.25, -0.2) is 0 Å². The molecule has 0 unspecified atom stereocenters. The van der Waals surface area contributed by atoms with Crippen molar-refractivity contribution >= 4 is 5.91 Å². The summed E-state index contributed by atoms with van der Waals surface area (Å²) in [5, 5.41) is 7.34. The first-order chi connectivity index (χ1) is 15.1. The molecule has 0 spiro atoms. The molecule has 1 amide bonds. The summed E-state index contributed by atoms with van der Waals surface area (Å²) in [6, 6.07) is 12.3. The van der Waals surface area contributed by atoms with Crippen LogP contribution in [0.1, 0.15) is 22.3 Å². The molecule has 7 heteroatoms. The Morgan fingerprint density at radius 2 is 1.87 bits per heavy atom. The zero-order valence-electron chi connectivity index (χ0n) is 17.9. The molecule has 5 rings (SSSR count). The molecule has 3 heterocycles. The molecule has 0 saturated carbocycles. The maximum absolute atomic E-state index is 12.8. The van der Waals surface area contributed by atoms with Gasteiger partial charge in [0.15, 0.2) is 11.5 Å². The molecule has 1 N–H and O–H groups in total. The van der Waals surface area contributed by atoms with Gasteiger partial charge in [0.25, 0.3) is 0 Å². The molecule has 31 heavy (non-hydrogen) atoms. The third-order valence-corrected chi connectivity index (χ3v) is 6.12. The molecule has 0 bridgehead atoms. The Morgan fingerprint density at radius 1 is 1.00 bits per heavy atom. The summed E-state index contributed by atoms with van der Waals surface area (Å²) in [4.78, 5) is 16.9. The molecule has 1 saturated heterocycles. The quantitative estimate of drug-likeness (QED) is 0.689. The number of aromatic amines is 1. The molecule has 2 aromatic carbocycles. The van der Waals surface area contributed by atoms with Crippen LogP contribution in [0, 0.1) is 13.8 Å². The minimum Gasteiger partial charge on any atom is -0.454 e. The van der Waals surface area contributed by atoms with E-state index < -0.39 is 0 Å². The fraction of sp³-hybridized carbons (Fsp3) is 0.333. The number of benzene rings is 2. The number of carbonyl (C=O) groups excluding carboxylic acids is 1. The highest BCUT2D eigenvalue weighted by Gasteiger charge is 2.25. The summed E-state index contributed by atoms with van der Waals surface area (Å²) in [5.41, 5.74) is 6.73. The molecule has 2 aliphatic heterocycles. The van der Waals surface area contributed by atoms with E-state index in [0.29, 0.717) is 19.6 Å². The average molecular weight is 418 g/mol. The number of nitrogens with one attached hydrogen (secondary N) is 1. The number of fused-ring (bicyclic) bond motifs is 1. The first-order valence-electron chi connectivity index (χ1n) is 10.6. The van der Waals surface area contributed by atoms with Crippen molar-refractivity contribution in [1.29, 1.82) is 0 Å². The van der Waals surface area contributed by atoms with Crippen molar-refractivity contribution in [2.75, 3.05) is 26.4 Å². The highest BCUT2D eigenvalue weighted by Crippen LogP contribution is 2.36. The summed E-state index contributed by atoms with van der Waals surface area (Å²) in [5.74, 6) is 1.67. The van der Waals surface area contributed by atoms with Crippen LogP contribution in [0.25, 0.3) is 11.3 Å². The summed E-state index contributed by atoms with van der Waals surface area (Å²) in [6.07, 6.45) is 1.84. The van der Waals surface area contributed by atoms with Gasteiger partial charge in [-0.05, 0) is 48.7 Å². The van der Waals surface area contributed by atoms with Gasteiger partial charge in [0, 0.05) is 37.3 Å². The van der Waals surface area contributed by atoms with Crippen LogP contribution in [0.15, 0.2) is 42.6 Å². The minimum absolute atomic E-state index is 0.164. The fourth-order valence-electron chi connectivity index (χ4n) is 4.16. The van der Waals surface area contributed by atoms with Gasteiger partial charge in [-0.2, -0.15) is 5.10 Å². The maximum Gasteiger partial charge on any atom is 0.237 e. The number of H-pyrrole nitrogens is 1. The van der Waals surface area contributed by atoms with Crippen LogP contribution < -0.4 is 9.47 Å². The molecule has 7 nitrogen and oxygen atoms in total. The number of carbonyl (C=O) groups is 1. The summed E-state index contributed by atoms with van der Waals surface area (Å²) in [7, 11) is 0. The Morgan fingerprint density at radius 3 is 2.71 bits per heavy atom. The van der Waals surface area contributed by atoms with Gasteiger partial charge in [-0.15, -0.1) is 0 Å². The second-order valence-corrected chi connectivity index (χ2v) is 8.28. The number of hydrogen-bond donors (Lipinski definition) is 1. The monoisotopic (exact) mass is 418 g/mol. The number of amides is 1. The Kier molecular flexibility index (Phi) is 5.11. The predicted molar refractivity (Wildman–Crippen MR) is 117 cm³/mol. The molecule has 1 aromatic heterocycles. The highest BCUT2D eigenvalue weighted by molar-refractivity contribution is 5.79. The van der Waals surface area contributed by atoms with E-state index >= 15 is 0 Å². The molecule has 0 aliphatic carbocycles. The molecule has 160 valence electrons. The number of piperazine rings is 1. The van der Waals surface area contributed by atoms with Crippen LogP contribution in [0.4, 0.5) is 0 Å². The van der Waals surface area contributed by atoms with E-state index in [9.17, 15) is 4.79 Å². The van der Waals surface area contributed by atoms with Gasteiger partial charge in [-0.1, -0.05) is 18.2 Å². The lowest BCUT2D eigenvalue weighted by atomic mass is 10.1. The Labute approximate surface area is 181 Å². The van der Waals surface area contributed by atoms with Crippen LogP contribution in [0.2, 0.25) is 0 Å². The molecular formula is C24H26N4O3. The van der Waals surface area contributed by atoms with Crippen molar-refractivity contribution in [3.05, 3.63) is 64.8 Å². The van der Waals surface area contributed by atoms with E-state index in [1.54, 1.807) is 0 Å². The number of hydrogen-bond acceptors (Lipinski definition) is 5. The predicted octanol–water partition coefficient (Wildman–Crippen LogP) is 3.27. The number of aromatic nitrogens is 2. The number of aryl methyl sites for hydroxylation is 2. The lowest BCUT2D eigenvalue weighted by Gasteiger charge is -2.34. The van der Waals surface area contributed by atoms with E-state index in [2.05, 4.69) is 47.1 Å². The Hall–Kier alpha value is -3.32. The first-order valence-corrected chi connectivity index (χ1v) is 10.6. The second kappa shape index (κ2) is 8.07. The molecular weight excluding hydrogens is 392 g/mol. The van der Waals surface area contributed by atoms with Crippen molar-refractivity contribution in [3.63, 3.8) is 0 Å². The standard InChI is InChI=1S/C24H26N4O3/c1-16-3-4-18(9-17(16)2)12-28-8-7-27(14-23(28)29)13-20-11-25-26-24(20)19-5-6-21-22(10-19)31-15-30-21/h3-6,9-11H,7-8,12-15H2,1-2H3,(H,25,26). The van der Waals surface area contributed by atoms with Crippen LogP contribution in [-0.4, -0.2) is 52.3 Å². The van der Waals surface area contributed by atoms with Gasteiger partial charge >= 0.3 is 0 Å². The van der Waals surface area contributed by atoms with Crippen molar-refractivity contribution < 1.29 is 14.3 Å². The van der Waals surface area contributed by atoms with Crippen molar-refractivity contribution in [2.24, 2.45) is 0 Å². The number of ether oxygens (including phenoxy) is 2.